The molecule has 0 heterocycles. The predicted molar refractivity (Wildman–Crippen MR) is 109 cm³/mol. The molecule has 152 valence electrons. The quantitative estimate of drug-likeness (QED) is 0.638. The highest BCUT2D eigenvalue weighted by molar-refractivity contribution is 7.89. The minimum absolute atomic E-state index is 0.0392. The van der Waals surface area contributed by atoms with Gasteiger partial charge in [0.05, 0.1) is 11.5 Å². The van der Waals surface area contributed by atoms with Crippen molar-refractivity contribution < 1.29 is 17.9 Å². The van der Waals surface area contributed by atoms with Crippen molar-refractivity contribution in [2.24, 2.45) is 0 Å². The van der Waals surface area contributed by atoms with E-state index in [0.29, 0.717) is 19.4 Å². The number of sulfonamides is 1. The lowest BCUT2D eigenvalue weighted by Gasteiger charge is -2.15. The van der Waals surface area contributed by atoms with E-state index < -0.39 is 10.0 Å². The molecule has 0 fully saturated rings. The molecule has 28 heavy (non-hydrogen) atoms. The van der Waals surface area contributed by atoms with Crippen LogP contribution < -0.4 is 10.0 Å². The van der Waals surface area contributed by atoms with Crippen LogP contribution >= 0.6 is 0 Å². The minimum Gasteiger partial charge on any atom is -0.383 e. The number of benzene rings is 2. The zero-order valence-corrected chi connectivity index (χ0v) is 17.3. The highest BCUT2D eigenvalue weighted by Crippen LogP contribution is 2.17. The van der Waals surface area contributed by atoms with Crippen LogP contribution in [0.25, 0.3) is 0 Å². The molecule has 0 radical (unpaired) electrons. The van der Waals surface area contributed by atoms with Crippen LogP contribution in [0.4, 0.5) is 0 Å². The van der Waals surface area contributed by atoms with Crippen molar-refractivity contribution in [1.82, 2.24) is 10.0 Å². The van der Waals surface area contributed by atoms with E-state index in [2.05, 4.69) is 10.0 Å². The zero-order valence-electron chi connectivity index (χ0n) is 16.5. The second-order valence-corrected chi connectivity index (χ2v) is 8.54. The SMILES string of the molecule is COC[C@H](C)NC(=O)CCc1ccc(S(=O)(=O)N[C@H](C)c2ccccc2)cc1. The topological polar surface area (TPSA) is 84.5 Å². The average Bonchev–Trinajstić information content (AvgIpc) is 2.67. The Labute approximate surface area is 167 Å². The molecule has 2 atom stereocenters. The van der Waals surface area contributed by atoms with Gasteiger partial charge in [-0.1, -0.05) is 42.5 Å². The van der Waals surface area contributed by atoms with Crippen molar-refractivity contribution in [3.8, 4) is 0 Å². The lowest BCUT2D eigenvalue weighted by Crippen LogP contribution is -2.35. The van der Waals surface area contributed by atoms with Crippen LogP contribution in [0.5, 0.6) is 0 Å². The number of methoxy groups -OCH3 is 1. The average molecular weight is 405 g/mol. The Morgan fingerprint density at radius 1 is 1.04 bits per heavy atom. The fourth-order valence-corrected chi connectivity index (χ4v) is 4.07. The Balaban J connectivity index is 1.93. The van der Waals surface area contributed by atoms with Crippen molar-refractivity contribution in [3.05, 3.63) is 65.7 Å². The molecular formula is C21H28N2O4S. The van der Waals surface area contributed by atoms with Gasteiger partial charge in [0.2, 0.25) is 15.9 Å². The lowest BCUT2D eigenvalue weighted by atomic mass is 10.1. The molecule has 2 aromatic rings. The van der Waals surface area contributed by atoms with Crippen LogP contribution in [0.2, 0.25) is 0 Å². The molecule has 7 heteroatoms. The number of hydrogen-bond acceptors (Lipinski definition) is 4. The van der Waals surface area contributed by atoms with Gasteiger partial charge in [-0.2, -0.15) is 0 Å². The van der Waals surface area contributed by atoms with Gasteiger partial charge < -0.3 is 10.1 Å². The first-order valence-corrected chi connectivity index (χ1v) is 10.7. The summed E-state index contributed by atoms with van der Waals surface area (Å²) in [5.41, 5.74) is 1.81. The smallest absolute Gasteiger partial charge is 0.241 e. The van der Waals surface area contributed by atoms with Gasteiger partial charge >= 0.3 is 0 Å². The first-order valence-electron chi connectivity index (χ1n) is 9.26. The van der Waals surface area contributed by atoms with E-state index in [0.717, 1.165) is 11.1 Å². The normalized spacial score (nSPS) is 13.7. The van der Waals surface area contributed by atoms with Crippen LogP contribution in [-0.4, -0.2) is 34.1 Å². The van der Waals surface area contributed by atoms with Gasteiger partial charge in [0.15, 0.2) is 0 Å². The fraction of sp³-hybridized carbons (Fsp3) is 0.381. The van der Waals surface area contributed by atoms with Gasteiger partial charge in [0, 0.05) is 25.6 Å². The van der Waals surface area contributed by atoms with E-state index >= 15 is 0 Å². The Kier molecular flexibility index (Phi) is 8.17. The molecule has 0 aliphatic rings. The summed E-state index contributed by atoms with van der Waals surface area (Å²) >= 11 is 0. The van der Waals surface area contributed by atoms with Gasteiger partial charge in [0.25, 0.3) is 0 Å². The van der Waals surface area contributed by atoms with Crippen molar-refractivity contribution in [3.63, 3.8) is 0 Å². The maximum absolute atomic E-state index is 12.6. The molecule has 1 amide bonds. The Morgan fingerprint density at radius 3 is 2.29 bits per heavy atom. The molecule has 2 aromatic carbocycles. The maximum atomic E-state index is 12.6. The molecule has 0 aliphatic heterocycles. The molecule has 0 bridgehead atoms. The number of nitrogens with one attached hydrogen (secondary N) is 2. The monoisotopic (exact) mass is 404 g/mol. The molecule has 6 nitrogen and oxygen atoms in total. The Hall–Kier alpha value is -2.22. The number of carbonyl (C=O) groups is 1. The summed E-state index contributed by atoms with van der Waals surface area (Å²) < 4.78 is 32.9. The van der Waals surface area contributed by atoms with E-state index in [1.54, 1.807) is 31.4 Å². The van der Waals surface area contributed by atoms with Crippen LogP contribution in [-0.2, 0) is 26.0 Å². The standard InChI is InChI=1S/C21H28N2O4S/c1-16(15-27-3)22-21(24)14-11-18-9-12-20(13-10-18)28(25,26)23-17(2)19-7-5-4-6-8-19/h4-10,12-13,16-17,23H,11,14-15H2,1-3H3,(H,22,24)/t16-,17+/m0/s1. The molecule has 2 rings (SSSR count). The van der Waals surface area contributed by atoms with Crippen LogP contribution in [0.1, 0.15) is 37.4 Å². The van der Waals surface area contributed by atoms with E-state index in [-0.39, 0.29) is 22.9 Å². The Bertz CT molecular complexity index is 852. The summed E-state index contributed by atoms with van der Waals surface area (Å²) in [5.74, 6) is -0.0559. The predicted octanol–water partition coefficient (Wildman–Crippen LogP) is 2.81. The van der Waals surface area contributed by atoms with Crippen molar-refractivity contribution in [2.75, 3.05) is 13.7 Å². The molecule has 2 N–H and O–H groups in total. The van der Waals surface area contributed by atoms with Crippen LogP contribution in [0.3, 0.4) is 0 Å². The minimum atomic E-state index is -3.62. The van der Waals surface area contributed by atoms with Crippen LogP contribution in [0, 0.1) is 0 Å². The first-order chi connectivity index (χ1) is 13.3. The van der Waals surface area contributed by atoms with E-state index in [4.69, 9.17) is 4.74 Å². The van der Waals surface area contributed by atoms with Crippen molar-refractivity contribution in [2.45, 2.75) is 43.7 Å². The fourth-order valence-electron chi connectivity index (χ4n) is 2.84. The highest BCUT2D eigenvalue weighted by Gasteiger charge is 2.18. The van der Waals surface area contributed by atoms with Crippen molar-refractivity contribution in [1.29, 1.82) is 0 Å². The third kappa shape index (κ3) is 6.74. The zero-order chi connectivity index (χ0) is 20.6. The second kappa shape index (κ2) is 10.4. The maximum Gasteiger partial charge on any atom is 0.241 e. The van der Waals surface area contributed by atoms with E-state index in [1.165, 1.54) is 0 Å². The third-order valence-corrected chi connectivity index (χ3v) is 5.89. The molecule has 0 saturated carbocycles. The number of carbonyl (C=O) groups excluding carboxylic acids is 1. The number of aryl methyl sites for hydroxylation is 1. The molecular weight excluding hydrogens is 376 g/mol. The van der Waals surface area contributed by atoms with Gasteiger partial charge in [-0.25, -0.2) is 13.1 Å². The largest absolute Gasteiger partial charge is 0.383 e. The lowest BCUT2D eigenvalue weighted by molar-refractivity contribution is -0.122. The van der Waals surface area contributed by atoms with Crippen molar-refractivity contribution >= 4 is 15.9 Å². The summed E-state index contributed by atoms with van der Waals surface area (Å²) in [5, 5.41) is 2.85. The molecule has 0 saturated heterocycles. The molecule has 0 spiro atoms. The van der Waals surface area contributed by atoms with Crippen LogP contribution in [0.15, 0.2) is 59.5 Å². The van der Waals surface area contributed by atoms with Gasteiger partial charge in [-0.15, -0.1) is 0 Å². The Morgan fingerprint density at radius 2 is 1.68 bits per heavy atom. The number of hydrogen-bond donors (Lipinski definition) is 2. The first kappa shape index (κ1) is 22.1. The molecule has 0 aliphatic carbocycles. The third-order valence-electron chi connectivity index (χ3n) is 4.33. The summed E-state index contributed by atoms with van der Waals surface area (Å²) in [6, 6.07) is 15.7. The number of ether oxygens (including phenoxy) is 1. The van der Waals surface area contributed by atoms with Gasteiger partial charge in [-0.3, -0.25) is 4.79 Å². The van der Waals surface area contributed by atoms with E-state index in [1.807, 2.05) is 44.2 Å². The summed E-state index contributed by atoms with van der Waals surface area (Å²) in [6.45, 7) is 4.15. The summed E-state index contributed by atoms with van der Waals surface area (Å²) in [4.78, 5) is 12.1. The molecule has 0 aromatic heterocycles. The summed E-state index contributed by atoms with van der Waals surface area (Å²) in [6.07, 6.45) is 0.878. The second-order valence-electron chi connectivity index (χ2n) is 6.82. The van der Waals surface area contributed by atoms with Gasteiger partial charge in [-0.05, 0) is 43.5 Å². The molecule has 0 unspecified atom stereocenters. The summed E-state index contributed by atoms with van der Waals surface area (Å²) in [7, 11) is -2.03. The van der Waals surface area contributed by atoms with E-state index in [9.17, 15) is 13.2 Å². The highest BCUT2D eigenvalue weighted by atomic mass is 32.2. The van der Waals surface area contributed by atoms with Gasteiger partial charge in [0.1, 0.15) is 0 Å². The number of amides is 1. The number of rotatable bonds is 10.